The van der Waals surface area contributed by atoms with Gasteiger partial charge >= 0.3 is 5.97 Å². The number of carboxylic acids is 1. The van der Waals surface area contributed by atoms with Gasteiger partial charge in [-0.3, -0.25) is 9.10 Å². The molecule has 0 aliphatic heterocycles. The van der Waals surface area contributed by atoms with Crippen LogP contribution in [0.3, 0.4) is 0 Å². The van der Waals surface area contributed by atoms with E-state index in [1.807, 2.05) is 0 Å². The quantitative estimate of drug-likeness (QED) is 0.715. The Balaban J connectivity index is 2.19. The average molecular weight is 375 g/mol. The highest BCUT2D eigenvalue weighted by molar-refractivity contribution is 7.92. The lowest BCUT2D eigenvalue weighted by Gasteiger charge is -2.24. The first-order chi connectivity index (χ1) is 12.3. The summed E-state index contributed by atoms with van der Waals surface area (Å²) in [7, 11) is -4.33. The van der Waals surface area contributed by atoms with E-state index >= 15 is 0 Å². The second-order valence-corrected chi connectivity index (χ2v) is 7.38. The fourth-order valence-corrected chi connectivity index (χ4v) is 4.02. The van der Waals surface area contributed by atoms with E-state index in [1.165, 1.54) is 6.07 Å². The van der Waals surface area contributed by atoms with Crippen LogP contribution in [-0.4, -0.2) is 31.1 Å². The number of aromatic hydroxyl groups is 1. The summed E-state index contributed by atoms with van der Waals surface area (Å²) in [5.41, 5.74) is -0.171. The van der Waals surface area contributed by atoms with E-state index < -0.39 is 28.4 Å². The number of carboxylic acid groups (broad SMARTS) is 1. The largest absolute Gasteiger partial charge is 0.505 e. The molecular formula is C18H14FNO5S. The number of hydrogen-bond donors (Lipinski definition) is 2. The fourth-order valence-electron chi connectivity index (χ4n) is 2.60. The van der Waals surface area contributed by atoms with Crippen molar-refractivity contribution in [2.24, 2.45) is 0 Å². The van der Waals surface area contributed by atoms with Gasteiger partial charge in [-0.25, -0.2) is 12.8 Å². The molecule has 2 N–H and O–H groups in total. The summed E-state index contributed by atoms with van der Waals surface area (Å²) >= 11 is 0. The van der Waals surface area contributed by atoms with Crippen LogP contribution in [0.2, 0.25) is 0 Å². The lowest BCUT2D eigenvalue weighted by Crippen LogP contribution is -2.35. The van der Waals surface area contributed by atoms with E-state index in [1.54, 1.807) is 30.3 Å². The molecular weight excluding hydrogens is 361 g/mol. The molecule has 0 aliphatic carbocycles. The molecule has 0 heterocycles. The first kappa shape index (κ1) is 17.7. The Kier molecular flexibility index (Phi) is 4.52. The number of benzene rings is 3. The van der Waals surface area contributed by atoms with Crippen LogP contribution in [0.15, 0.2) is 65.6 Å². The van der Waals surface area contributed by atoms with Crippen LogP contribution < -0.4 is 4.31 Å². The van der Waals surface area contributed by atoms with E-state index in [0.29, 0.717) is 15.1 Å². The van der Waals surface area contributed by atoms with Gasteiger partial charge in [-0.1, -0.05) is 30.3 Å². The molecule has 0 amide bonds. The molecule has 8 heteroatoms. The van der Waals surface area contributed by atoms with Gasteiger partial charge in [0.1, 0.15) is 18.1 Å². The van der Waals surface area contributed by atoms with Crippen molar-refractivity contribution >= 4 is 32.5 Å². The maximum absolute atomic E-state index is 13.1. The monoisotopic (exact) mass is 375 g/mol. The molecule has 0 bridgehead atoms. The minimum atomic E-state index is -4.33. The number of phenolic OH excluding ortho intramolecular Hbond substituents is 1. The van der Waals surface area contributed by atoms with Crippen LogP contribution in [0, 0.1) is 5.82 Å². The van der Waals surface area contributed by atoms with E-state index in [-0.39, 0.29) is 16.3 Å². The number of sulfonamides is 1. The van der Waals surface area contributed by atoms with E-state index in [9.17, 15) is 22.7 Å². The number of phenols is 1. The molecule has 0 saturated carbocycles. The second-order valence-electron chi connectivity index (χ2n) is 5.51. The molecule has 0 aliphatic rings. The summed E-state index contributed by atoms with van der Waals surface area (Å²) in [6.45, 7) is -0.897. The maximum Gasteiger partial charge on any atom is 0.324 e. The Labute approximate surface area is 148 Å². The van der Waals surface area contributed by atoms with Crippen molar-refractivity contribution in [3.8, 4) is 5.75 Å². The van der Waals surface area contributed by atoms with Gasteiger partial charge in [0.2, 0.25) is 0 Å². The van der Waals surface area contributed by atoms with Gasteiger partial charge in [-0.05, 0) is 35.7 Å². The van der Waals surface area contributed by atoms with Crippen LogP contribution in [-0.2, 0) is 14.8 Å². The summed E-state index contributed by atoms with van der Waals surface area (Å²) < 4.78 is 39.5. The zero-order valence-corrected chi connectivity index (χ0v) is 14.1. The minimum Gasteiger partial charge on any atom is -0.505 e. The Bertz CT molecular complexity index is 1080. The number of fused-ring (bicyclic) bond motifs is 1. The fraction of sp³-hybridized carbons (Fsp3) is 0.0556. The zero-order chi connectivity index (χ0) is 18.9. The van der Waals surface area contributed by atoms with Crippen molar-refractivity contribution in [2.75, 3.05) is 10.8 Å². The molecule has 0 spiro atoms. The third kappa shape index (κ3) is 3.18. The van der Waals surface area contributed by atoms with Gasteiger partial charge in [0.05, 0.1) is 10.6 Å². The zero-order valence-electron chi connectivity index (χ0n) is 13.3. The number of carbonyl (C=O) groups is 1. The number of halogens is 1. The van der Waals surface area contributed by atoms with Crippen LogP contribution in [0.1, 0.15) is 0 Å². The summed E-state index contributed by atoms with van der Waals surface area (Å²) in [5, 5.41) is 20.7. The van der Waals surface area contributed by atoms with Gasteiger partial charge in [-0.15, -0.1) is 0 Å². The van der Waals surface area contributed by atoms with Gasteiger partial charge in [0.25, 0.3) is 10.0 Å². The predicted octanol–water partition coefficient (Wildman–Crippen LogP) is 2.96. The lowest BCUT2D eigenvalue weighted by atomic mass is 10.1. The van der Waals surface area contributed by atoms with Crippen molar-refractivity contribution in [2.45, 2.75) is 4.90 Å². The van der Waals surface area contributed by atoms with E-state index in [2.05, 4.69) is 0 Å². The molecule has 0 unspecified atom stereocenters. The molecule has 3 aromatic carbocycles. The van der Waals surface area contributed by atoms with Crippen LogP contribution in [0.25, 0.3) is 10.8 Å². The second kappa shape index (κ2) is 6.64. The first-order valence-corrected chi connectivity index (χ1v) is 8.95. The lowest BCUT2D eigenvalue weighted by molar-refractivity contribution is -0.135. The Morgan fingerprint density at radius 2 is 1.65 bits per heavy atom. The summed E-state index contributed by atoms with van der Waals surface area (Å²) in [4.78, 5) is 11.0. The highest BCUT2D eigenvalue weighted by Crippen LogP contribution is 2.37. The van der Waals surface area contributed by atoms with Crippen molar-refractivity contribution in [1.29, 1.82) is 0 Å². The molecule has 0 fully saturated rings. The smallest absolute Gasteiger partial charge is 0.324 e. The van der Waals surface area contributed by atoms with Crippen molar-refractivity contribution in [3.63, 3.8) is 0 Å². The predicted molar refractivity (Wildman–Crippen MR) is 94.2 cm³/mol. The number of anilines is 1. The average Bonchev–Trinajstić information content (AvgIpc) is 2.61. The molecule has 0 saturated heterocycles. The maximum atomic E-state index is 13.1. The Morgan fingerprint density at radius 1 is 1.00 bits per heavy atom. The first-order valence-electron chi connectivity index (χ1n) is 7.51. The van der Waals surface area contributed by atoms with Crippen molar-refractivity contribution in [3.05, 3.63) is 66.5 Å². The number of hydrogen-bond acceptors (Lipinski definition) is 4. The van der Waals surface area contributed by atoms with Crippen molar-refractivity contribution < 1.29 is 27.8 Å². The molecule has 3 rings (SSSR count). The third-order valence-electron chi connectivity index (χ3n) is 3.83. The Hall–Kier alpha value is -3.13. The van der Waals surface area contributed by atoms with E-state index in [4.69, 9.17) is 5.11 Å². The number of aliphatic carboxylic acids is 1. The van der Waals surface area contributed by atoms with Crippen molar-refractivity contribution in [1.82, 2.24) is 0 Å². The van der Waals surface area contributed by atoms with Gasteiger partial charge < -0.3 is 10.2 Å². The topological polar surface area (TPSA) is 94.9 Å². The molecule has 134 valence electrons. The van der Waals surface area contributed by atoms with Gasteiger partial charge in [0, 0.05) is 5.39 Å². The van der Waals surface area contributed by atoms with Gasteiger partial charge in [0.15, 0.2) is 0 Å². The van der Waals surface area contributed by atoms with Crippen LogP contribution in [0.4, 0.5) is 10.1 Å². The Morgan fingerprint density at radius 3 is 2.31 bits per heavy atom. The SMILES string of the molecule is O=C(O)CN(c1ccc2ccccc2c1O)S(=O)(=O)c1ccc(F)cc1. The number of rotatable bonds is 5. The molecule has 3 aromatic rings. The minimum absolute atomic E-state index is 0.171. The summed E-state index contributed by atoms with van der Waals surface area (Å²) in [5.74, 6) is -2.37. The summed E-state index contributed by atoms with van der Waals surface area (Å²) in [6.07, 6.45) is 0. The molecule has 0 atom stereocenters. The van der Waals surface area contributed by atoms with Crippen LogP contribution >= 0.6 is 0 Å². The third-order valence-corrected chi connectivity index (χ3v) is 5.60. The highest BCUT2D eigenvalue weighted by Gasteiger charge is 2.29. The molecule has 0 aromatic heterocycles. The summed E-state index contributed by atoms with van der Waals surface area (Å²) in [6, 6.07) is 13.7. The van der Waals surface area contributed by atoms with E-state index in [0.717, 1.165) is 24.3 Å². The molecule has 0 radical (unpaired) electrons. The van der Waals surface area contributed by atoms with Gasteiger partial charge in [-0.2, -0.15) is 0 Å². The number of nitrogens with zero attached hydrogens (tertiary/aromatic N) is 1. The van der Waals surface area contributed by atoms with Crippen LogP contribution in [0.5, 0.6) is 5.75 Å². The molecule has 6 nitrogen and oxygen atoms in total. The normalized spacial score (nSPS) is 11.4. The standard InChI is InChI=1S/C18H14FNO5S/c19-13-6-8-14(9-7-13)26(24,25)20(11-17(21)22)16-10-5-12-3-1-2-4-15(12)18(16)23/h1-10,23H,11H2,(H,21,22). The highest BCUT2D eigenvalue weighted by atomic mass is 32.2. The molecule has 26 heavy (non-hydrogen) atoms.